The summed E-state index contributed by atoms with van der Waals surface area (Å²) in [4.78, 5) is 35.4. The normalized spacial score (nSPS) is 15.8. The van der Waals surface area contributed by atoms with Gasteiger partial charge >= 0.3 is 0 Å². The summed E-state index contributed by atoms with van der Waals surface area (Å²) >= 11 is 5.56. The topological polar surface area (TPSA) is 87.3 Å². The predicted molar refractivity (Wildman–Crippen MR) is 101 cm³/mol. The van der Waals surface area contributed by atoms with E-state index in [2.05, 4.69) is 16.0 Å². The van der Waals surface area contributed by atoms with E-state index in [4.69, 9.17) is 11.6 Å². The smallest absolute Gasteiger partial charge is 0.251 e. The van der Waals surface area contributed by atoms with Crippen molar-refractivity contribution in [2.45, 2.75) is 51.1 Å². The van der Waals surface area contributed by atoms with Gasteiger partial charge in [-0.1, -0.05) is 31.4 Å². The highest BCUT2D eigenvalue weighted by Gasteiger charge is 2.34. The first kappa shape index (κ1) is 20.2. The number of amides is 3. The lowest BCUT2D eigenvalue weighted by molar-refractivity contribution is -0.119. The first-order chi connectivity index (χ1) is 12.4. The second-order valence-electron chi connectivity index (χ2n) is 6.82. The Morgan fingerprint density at radius 3 is 2.50 bits per heavy atom. The molecule has 26 heavy (non-hydrogen) atoms. The Morgan fingerprint density at radius 1 is 1.12 bits per heavy atom. The Kier molecular flexibility index (Phi) is 7.45. The van der Waals surface area contributed by atoms with E-state index in [-0.39, 0.29) is 23.6 Å². The fraction of sp³-hybridized carbons (Fsp3) is 0.526. The van der Waals surface area contributed by atoms with E-state index < -0.39 is 5.54 Å². The molecule has 1 aliphatic carbocycles. The molecule has 2 rings (SSSR count). The average molecular weight is 380 g/mol. The number of alkyl halides is 1. The lowest BCUT2D eigenvalue weighted by Gasteiger charge is -2.38. The Bertz CT molecular complexity index is 657. The summed E-state index contributed by atoms with van der Waals surface area (Å²) in [6, 6.07) is 7.19. The molecule has 0 radical (unpaired) electrons. The highest BCUT2D eigenvalue weighted by Crippen LogP contribution is 2.28. The van der Waals surface area contributed by atoms with E-state index in [1.54, 1.807) is 18.2 Å². The summed E-state index contributed by atoms with van der Waals surface area (Å²) in [5.74, 6) is -0.606. The average Bonchev–Trinajstić information content (AvgIpc) is 2.65. The van der Waals surface area contributed by atoms with E-state index >= 15 is 0 Å². The van der Waals surface area contributed by atoms with Crippen LogP contribution in [0.3, 0.4) is 0 Å². The van der Waals surface area contributed by atoms with Gasteiger partial charge in [0.15, 0.2) is 0 Å². The standard InChI is InChI=1S/C19H26ClN3O3/c1-14(24)21-12-15-6-5-7-16(10-15)18(26)23-19(8-3-2-4-9-19)13-22-17(25)11-20/h5-7,10H,2-4,8-9,11-13H2,1H3,(H,21,24)(H,22,25)(H,23,26). The van der Waals surface area contributed by atoms with E-state index in [0.717, 1.165) is 37.7 Å². The molecule has 142 valence electrons. The molecule has 0 spiro atoms. The van der Waals surface area contributed by atoms with Crippen LogP contribution >= 0.6 is 11.6 Å². The van der Waals surface area contributed by atoms with E-state index in [1.165, 1.54) is 6.92 Å². The lowest BCUT2D eigenvalue weighted by Crippen LogP contribution is -2.56. The highest BCUT2D eigenvalue weighted by molar-refractivity contribution is 6.27. The van der Waals surface area contributed by atoms with Crippen molar-refractivity contribution in [1.82, 2.24) is 16.0 Å². The van der Waals surface area contributed by atoms with E-state index in [0.29, 0.717) is 18.7 Å². The molecule has 7 heteroatoms. The Balaban J connectivity index is 2.07. The van der Waals surface area contributed by atoms with Crippen molar-refractivity contribution >= 4 is 29.3 Å². The number of nitrogens with one attached hydrogen (secondary N) is 3. The van der Waals surface area contributed by atoms with Crippen molar-refractivity contribution in [2.75, 3.05) is 12.4 Å². The molecule has 6 nitrogen and oxygen atoms in total. The fourth-order valence-corrected chi connectivity index (χ4v) is 3.35. The molecule has 1 saturated carbocycles. The summed E-state index contributed by atoms with van der Waals surface area (Å²) in [7, 11) is 0. The molecular weight excluding hydrogens is 354 g/mol. The third-order valence-electron chi connectivity index (χ3n) is 4.67. The number of halogens is 1. The molecule has 1 aromatic carbocycles. The predicted octanol–water partition coefficient (Wildman–Crippen LogP) is 2.11. The maximum absolute atomic E-state index is 12.8. The number of hydrogen-bond acceptors (Lipinski definition) is 3. The fourth-order valence-electron chi connectivity index (χ4n) is 3.25. The molecular formula is C19H26ClN3O3. The van der Waals surface area contributed by atoms with Gasteiger partial charge in [-0.15, -0.1) is 11.6 Å². The van der Waals surface area contributed by atoms with Crippen LogP contribution in [-0.2, 0) is 16.1 Å². The Morgan fingerprint density at radius 2 is 1.85 bits per heavy atom. The zero-order chi connectivity index (χ0) is 19.0. The van der Waals surface area contributed by atoms with Gasteiger partial charge in [-0.3, -0.25) is 14.4 Å². The van der Waals surface area contributed by atoms with Gasteiger partial charge in [-0.2, -0.15) is 0 Å². The third-order valence-corrected chi connectivity index (χ3v) is 4.91. The quantitative estimate of drug-likeness (QED) is 0.634. The molecule has 1 fully saturated rings. The summed E-state index contributed by atoms with van der Waals surface area (Å²) in [5.41, 5.74) is 0.965. The molecule has 1 aliphatic rings. The molecule has 0 unspecified atom stereocenters. The van der Waals surface area contributed by atoms with Crippen molar-refractivity contribution in [3.8, 4) is 0 Å². The maximum Gasteiger partial charge on any atom is 0.251 e. The molecule has 1 aromatic rings. The molecule has 0 aliphatic heterocycles. The molecule has 0 aromatic heterocycles. The van der Waals surface area contributed by atoms with Crippen LogP contribution in [0, 0.1) is 0 Å². The van der Waals surface area contributed by atoms with Crippen LogP contribution in [0.5, 0.6) is 0 Å². The van der Waals surface area contributed by atoms with Crippen LogP contribution in [-0.4, -0.2) is 35.7 Å². The first-order valence-electron chi connectivity index (χ1n) is 8.93. The highest BCUT2D eigenvalue weighted by atomic mass is 35.5. The SMILES string of the molecule is CC(=O)NCc1cccc(C(=O)NC2(CNC(=O)CCl)CCCCC2)c1. The van der Waals surface area contributed by atoms with Crippen LogP contribution in [0.1, 0.15) is 54.9 Å². The van der Waals surface area contributed by atoms with Gasteiger partial charge < -0.3 is 16.0 Å². The van der Waals surface area contributed by atoms with Crippen molar-refractivity contribution in [3.05, 3.63) is 35.4 Å². The van der Waals surface area contributed by atoms with Crippen LogP contribution in [0.25, 0.3) is 0 Å². The van der Waals surface area contributed by atoms with E-state index in [9.17, 15) is 14.4 Å². The summed E-state index contributed by atoms with van der Waals surface area (Å²) in [6.45, 7) is 2.22. The number of carbonyl (C=O) groups excluding carboxylic acids is 3. The van der Waals surface area contributed by atoms with Crippen molar-refractivity contribution in [3.63, 3.8) is 0 Å². The van der Waals surface area contributed by atoms with Gasteiger partial charge in [0.2, 0.25) is 11.8 Å². The van der Waals surface area contributed by atoms with Crippen molar-refractivity contribution in [1.29, 1.82) is 0 Å². The van der Waals surface area contributed by atoms with E-state index in [1.807, 2.05) is 6.07 Å². The number of rotatable bonds is 7. The molecule has 0 saturated heterocycles. The molecule has 0 atom stereocenters. The third kappa shape index (κ3) is 6.02. The second kappa shape index (κ2) is 9.57. The summed E-state index contributed by atoms with van der Waals surface area (Å²) < 4.78 is 0. The summed E-state index contributed by atoms with van der Waals surface area (Å²) in [6.07, 6.45) is 4.81. The Labute approximate surface area is 159 Å². The zero-order valence-corrected chi connectivity index (χ0v) is 15.8. The lowest BCUT2D eigenvalue weighted by atomic mass is 9.81. The van der Waals surface area contributed by atoms with Gasteiger partial charge in [0.05, 0.1) is 5.54 Å². The van der Waals surface area contributed by atoms with Gasteiger partial charge in [0, 0.05) is 25.6 Å². The number of hydrogen-bond donors (Lipinski definition) is 3. The van der Waals surface area contributed by atoms with Gasteiger partial charge in [0.1, 0.15) is 5.88 Å². The van der Waals surface area contributed by atoms with Crippen molar-refractivity contribution in [2.24, 2.45) is 0 Å². The maximum atomic E-state index is 12.8. The number of carbonyl (C=O) groups is 3. The minimum Gasteiger partial charge on any atom is -0.353 e. The van der Waals surface area contributed by atoms with Crippen LogP contribution in [0.2, 0.25) is 0 Å². The largest absolute Gasteiger partial charge is 0.353 e. The second-order valence-corrected chi connectivity index (χ2v) is 7.08. The molecule has 0 bridgehead atoms. The first-order valence-corrected chi connectivity index (χ1v) is 9.46. The Hall–Kier alpha value is -2.08. The molecule has 3 N–H and O–H groups in total. The summed E-state index contributed by atoms with van der Waals surface area (Å²) in [5, 5.41) is 8.67. The monoisotopic (exact) mass is 379 g/mol. The number of benzene rings is 1. The molecule has 0 heterocycles. The van der Waals surface area contributed by atoms with Gasteiger partial charge in [-0.25, -0.2) is 0 Å². The van der Waals surface area contributed by atoms with Gasteiger partial charge in [-0.05, 0) is 30.5 Å². The van der Waals surface area contributed by atoms with Crippen LogP contribution in [0.4, 0.5) is 0 Å². The zero-order valence-electron chi connectivity index (χ0n) is 15.1. The van der Waals surface area contributed by atoms with Crippen molar-refractivity contribution < 1.29 is 14.4 Å². The van der Waals surface area contributed by atoms with Crippen LogP contribution in [0.15, 0.2) is 24.3 Å². The van der Waals surface area contributed by atoms with Gasteiger partial charge in [0.25, 0.3) is 5.91 Å². The molecule has 3 amide bonds. The minimum atomic E-state index is -0.440. The minimum absolute atomic E-state index is 0.0881. The van der Waals surface area contributed by atoms with Crippen LogP contribution < -0.4 is 16.0 Å².